The molecule has 1 aliphatic rings. The van der Waals surface area contributed by atoms with Gasteiger partial charge < -0.3 is 0 Å². The second kappa shape index (κ2) is 5.36. The van der Waals surface area contributed by atoms with Gasteiger partial charge in [0.05, 0.1) is 5.75 Å². The molecular formula is C13H18FNO2S. The minimum absolute atomic E-state index is 0.244. The van der Waals surface area contributed by atoms with E-state index in [0.717, 1.165) is 12.8 Å². The highest BCUT2D eigenvalue weighted by Crippen LogP contribution is 2.21. The summed E-state index contributed by atoms with van der Waals surface area (Å²) < 4.78 is 39.4. The molecule has 100 valence electrons. The van der Waals surface area contributed by atoms with Crippen molar-refractivity contribution in [2.75, 3.05) is 13.1 Å². The lowest BCUT2D eigenvalue weighted by molar-refractivity contribution is 0.281. The largest absolute Gasteiger partial charge is 0.218 e. The van der Waals surface area contributed by atoms with Crippen LogP contribution in [-0.4, -0.2) is 25.8 Å². The maximum Gasteiger partial charge on any atom is 0.218 e. The lowest BCUT2D eigenvalue weighted by Crippen LogP contribution is -2.39. The molecule has 1 aromatic rings. The molecule has 1 aliphatic heterocycles. The van der Waals surface area contributed by atoms with Crippen LogP contribution in [0.2, 0.25) is 0 Å². The molecule has 1 unspecified atom stereocenters. The highest BCUT2D eigenvalue weighted by Gasteiger charge is 2.27. The summed E-state index contributed by atoms with van der Waals surface area (Å²) in [5.41, 5.74) is 0.246. The summed E-state index contributed by atoms with van der Waals surface area (Å²) >= 11 is 0. The van der Waals surface area contributed by atoms with Gasteiger partial charge in [0.15, 0.2) is 0 Å². The Morgan fingerprint density at radius 3 is 2.78 bits per heavy atom. The molecule has 1 saturated heterocycles. The molecular weight excluding hydrogens is 253 g/mol. The van der Waals surface area contributed by atoms with Crippen LogP contribution in [0.5, 0.6) is 0 Å². The molecule has 18 heavy (non-hydrogen) atoms. The Labute approximate surface area is 108 Å². The van der Waals surface area contributed by atoms with Crippen molar-refractivity contribution >= 4 is 10.0 Å². The van der Waals surface area contributed by atoms with E-state index in [1.54, 1.807) is 12.1 Å². The standard InChI is InChI=1S/C13H18FNO2S/c1-11-5-4-8-15(9-11)18(16,17)10-12-6-2-3-7-13(12)14/h2-3,6-7,11H,4-5,8-10H2,1H3. The van der Waals surface area contributed by atoms with Crippen LogP contribution in [0.4, 0.5) is 4.39 Å². The summed E-state index contributed by atoms with van der Waals surface area (Å²) in [6, 6.07) is 6.05. The molecule has 1 atom stereocenters. The van der Waals surface area contributed by atoms with Crippen LogP contribution >= 0.6 is 0 Å². The number of sulfonamides is 1. The summed E-state index contributed by atoms with van der Waals surface area (Å²) in [5.74, 6) is -0.313. The highest BCUT2D eigenvalue weighted by atomic mass is 32.2. The predicted molar refractivity (Wildman–Crippen MR) is 69.0 cm³/mol. The molecule has 0 N–H and O–H groups in total. The fraction of sp³-hybridized carbons (Fsp3) is 0.538. The van der Waals surface area contributed by atoms with E-state index in [1.807, 2.05) is 6.92 Å². The number of hydrogen-bond acceptors (Lipinski definition) is 2. The minimum atomic E-state index is -3.40. The topological polar surface area (TPSA) is 37.4 Å². The molecule has 0 aromatic heterocycles. The minimum Gasteiger partial charge on any atom is -0.212 e. The van der Waals surface area contributed by atoms with Crippen LogP contribution in [0.3, 0.4) is 0 Å². The fourth-order valence-electron chi connectivity index (χ4n) is 2.30. The first kappa shape index (κ1) is 13.5. The fourth-order valence-corrected chi connectivity index (χ4v) is 4.00. The molecule has 1 fully saturated rings. The van der Waals surface area contributed by atoms with Crippen LogP contribution in [0.15, 0.2) is 24.3 Å². The first-order chi connectivity index (χ1) is 8.49. The Balaban J connectivity index is 2.14. The van der Waals surface area contributed by atoms with Crippen molar-refractivity contribution in [3.8, 4) is 0 Å². The van der Waals surface area contributed by atoms with Crippen molar-refractivity contribution in [2.45, 2.75) is 25.5 Å². The number of halogens is 1. The van der Waals surface area contributed by atoms with Gasteiger partial charge >= 0.3 is 0 Å². The molecule has 3 nitrogen and oxygen atoms in total. The van der Waals surface area contributed by atoms with Crippen LogP contribution in [-0.2, 0) is 15.8 Å². The normalized spacial score (nSPS) is 22.0. The highest BCUT2D eigenvalue weighted by molar-refractivity contribution is 7.88. The molecule has 0 aliphatic carbocycles. The molecule has 0 radical (unpaired) electrons. The third-order valence-electron chi connectivity index (χ3n) is 3.31. The third kappa shape index (κ3) is 3.09. The van der Waals surface area contributed by atoms with Gasteiger partial charge in [-0.2, -0.15) is 0 Å². The number of benzene rings is 1. The molecule has 2 rings (SSSR count). The van der Waals surface area contributed by atoms with E-state index < -0.39 is 15.8 Å². The average Bonchev–Trinajstić information content (AvgIpc) is 2.32. The van der Waals surface area contributed by atoms with Gasteiger partial charge in [0, 0.05) is 18.7 Å². The van der Waals surface area contributed by atoms with Crippen molar-refractivity contribution in [3.05, 3.63) is 35.6 Å². The van der Waals surface area contributed by atoms with Gasteiger partial charge in [-0.3, -0.25) is 0 Å². The van der Waals surface area contributed by atoms with Gasteiger partial charge in [-0.15, -0.1) is 0 Å². The van der Waals surface area contributed by atoms with Crippen molar-refractivity contribution in [1.29, 1.82) is 0 Å². The number of nitrogens with zero attached hydrogens (tertiary/aromatic N) is 1. The molecule has 5 heteroatoms. The van der Waals surface area contributed by atoms with Crippen molar-refractivity contribution in [3.63, 3.8) is 0 Å². The number of hydrogen-bond donors (Lipinski definition) is 0. The van der Waals surface area contributed by atoms with E-state index in [1.165, 1.54) is 16.4 Å². The zero-order valence-corrected chi connectivity index (χ0v) is 11.3. The number of piperidine rings is 1. The lowest BCUT2D eigenvalue weighted by Gasteiger charge is -2.30. The second-order valence-electron chi connectivity index (χ2n) is 4.95. The van der Waals surface area contributed by atoms with E-state index in [-0.39, 0.29) is 11.3 Å². The first-order valence-corrected chi connectivity index (χ1v) is 7.81. The van der Waals surface area contributed by atoms with Crippen LogP contribution in [0, 0.1) is 11.7 Å². The van der Waals surface area contributed by atoms with Crippen molar-refractivity contribution in [1.82, 2.24) is 4.31 Å². The Morgan fingerprint density at radius 2 is 2.11 bits per heavy atom. The Bertz CT molecular complexity index is 515. The summed E-state index contributed by atoms with van der Waals surface area (Å²) in [6.45, 7) is 3.16. The molecule has 0 spiro atoms. The van der Waals surface area contributed by atoms with Crippen LogP contribution in [0.1, 0.15) is 25.3 Å². The van der Waals surface area contributed by atoms with E-state index in [4.69, 9.17) is 0 Å². The number of rotatable bonds is 3. The van der Waals surface area contributed by atoms with Gasteiger partial charge in [-0.05, 0) is 24.8 Å². The zero-order valence-electron chi connectivity index (χ0n) is 10.5. The van der Waals surface area contributed by atoms with Gasteiger partial charge in [-0.25, -0.2) is 17.1 Å². The van der Waals surface area contributed by atoms with E-state index >= 15 is 0 Å². The van der Waals surface area contributed by atoms with Gasteiger partial charge in [0.1, 0.15) is 5.82 Å². The molecule has 1 heterocycles. The van der Waals surface area contributed by atoms with E-state index in [2.05, 4.69) is 0 Å². The summed E-state index contributed by atoms with van der Waals surface area (Å²) in [7, 11) is -3.40. The second-order valence-corrected chi connectivity index (χ2v) is 6.92. The van der Waals surface area contributed by atoms with Crippen LogP contribution in [0.25, 0.3) is 0 Å². The molecule has 0 amide bonds. The Kier molecular flexibility index (Phi) is 4.02. The summed E-state index contributed by atoms with van der Waals surface area (Å²) in [5, 5.41) is 0. The summed E-state index contributed by atoms with van der Waals surface area (Å²) in [4.78, 5) is 0. The first-order valence-electron chi connectivity index (χ1n) is 6.20. The summed E-state index contributed by atoms with van der Waals surface area (Å²) in [6.07, 6.45) is 1.95. The zero-order chi connectivity index (χ0) is 13.2. The third-order valence-corrected chi connectivity index (χ3v) is 5.10. The molecule has 0 saturated carbocycles. The average molecular weight is 271 g/mol. The maximum absolute atomic E-state index is 13.5. The monoisotopic (exact) mass is 271 g/mol. The maximum atomic E-state index is 13.5. The SMILES string of the molecule is CC1CCCN(S(=O)(=O)Cc2ccccc2F)C1. The van der Waals surface area contributed by atoms with E-state index in [0.29, 0.717) is 19.0 Å². The Hall–Kier alpha value is -0.940. The Morgan fingerprint density at radius 1 is 1.39 bits per heavy atom. The van der Waals surface area contributed by atoms with Crippen LogP contribution < -0.4 is 0 Å². The smallest absolute Gasteiger partial charge is 0.212 e. The van der Waals surface area contributed by atoms with E-state index in [9.17, 15) is 12.8 Å². The predicted octanol–water partition coefficient (Wildman–Crippen LogP) is 2.39. The van der Waals surface area contributed by atoms with Gasteiger partial charge in [0.25, 0.3) is 0 Å². The van der Waals surface area contributed by atoms with Gasteiger partial charge in [-0.1, -0.05) is 25.1 Å². The molecule has 1 aromatic carbocycles. The van der Waals surface area contributed by atoms with Crippen molar-refractivity contribution in [2.24, 2.45) is 5.92 Å². The lowest BCUT2D eigenvalue weighted by atomic mass is 10.0. The van der Waals surface area contributed by atoms with Crippen molar-refractivity contribution < 1.29 is 12.8 Å². The van der Waals surface area contributed by atoms with Gasteiger partial charge in [0.2, 0.25) is 10.0 Å². The quantitative estimate of drug-likeness (QED) is 0.846. The molecule has 0 bridgehead atoms.